The van der Waals surface area contributed by atoms with Gasteiger partial charge in [-0.3, -0.25) is 9.89 Å². The van der Waals surface area contributed by atoms with Crippen molar-refractivity contribution >= 4 is 11.6 Å². The lowest BCUT2D eigenvalue weighted by Crippen LogP contribution is -2.28. The van der Waals surface area contributed by atoms with Crippen molar-refractivity contribution in [1.29, 1.82) is 0 Å². The monoisotopic (exact) mass is 362 g/mol. The Hall–Kier alpha value is -2.99. The largest absolute Gasteiger partial charge is 0.385 e. The van der Waals surface area contributed by atoms with Gasteiger partial charge in [0.2, 0.25) is 5.91 Å². The molecule has 0 radical (unpaired) electrons. The van der Waals surface area contributed by atoms with E-state index in [2.05, 4.69) is 20.5 Å². The smallest absolute Gasteiger partial charge is 0.227 e. The predicted octanol–water partition coefficient (Wildman–Crippen LogP) is 3.59. The van der Waals surface area contributed by atoms with Crippen molar-refractivity contribution in [2.24, 2.45) is 0 Å². The number of aromatic amines is 1. The van der Waals surface area contributed by atoms with E-state index in [4.69, 9.17) is 0 Å². The fraction of sp³-hybridized carbons (Fsp3) is 0.286. The van der Waals surface area contributed by atoms with Crippen LogP contribution in [-0.4, -0.2) is 26.2 Å². The lowest BCUT2D eigenvalue weighted by molar-refractivity contribution is -0.120. The molecule has 1 aliphatic rings. The molecule has 1 saturated carbocycles. The van der Waals surface area contributed by atoms with Crippen LogP contribution in [0.2, 0.25) is 0 Å². The molecular weight excluding hydrogens is 340 g/mol. The molecule has 3 N–H and O–H groups in total. The molecular formula is C21H22N4O2. The van der Waals surface area contributed by atoms with E-state index in [1.54, 1.807) is 6.92 Å². The molecule has 1 aromatic heterocycles. The van der Waals surface area contributed by atoms with Crippen LogP contribution in [0.1, 0.15) is 43.5 Å². The minimum Gasteiger partial charge on any atom is -0.385 e. The first-order valence-corrected chi connectivity index (χ1v) is 9.12. The fourth-order valence-corrected chi connectivity index (χ4v) is 3.06. The number of hydrogen-bond acceptors (Lipinski definition) is 4. The molecule has 0 saturated heterocycles. The molecule has 0 bridgehead atoms. The van der Waals surface area contributed by atoms with Gasteiger partial charge >= 0.3 is 0 Å². The van der Waals surface area contributed by atoms with Crippen molar-refractivity contribution in [3.8, 4) is 11.4 Å². The summed E-state index contributed by atoms with van der Waals surface area (Å²) in [6, 6.07) is 16.6. The maximum Gasteiger partial charge on any atom is 0.227 e. The maximum atomic E-state index is 12.3. The number of nitrogens with zero attached hydrogens (tertiary/aromatic N) is 2. The van der Waals surface area contributed by atoms with E-state index in [1.807, 2.05) is 54.6 Å². The van der Waals surface area contributed by atoms with Gasteiger partial charge in [-0.15, -0.1) is 0 Å². The molecule has 6 heteroatoms. The van der Waals surface area contributed by atoms with Crippen LogP contribution in [0.5, 0.6) is 0 Å². The van der Waals surface area contributed by atoms with Gasteiger partial charge in [0.05, 0.1) is 12.0 Å². The number of amides is 1. The van der Waals surface area contributed by atoms with Gasteiger partial charge in [-0.2, -0.15) is 5.10 Å². The molecule has 0 aliphatic heterocycles. The Morgan fingerprint density at radius 3 is 2.56 bits per heavy atom. The Kier molecular flexibility index (Phi) is 4.49. The third-order valence-corrected chi connectivity index (χ3v) is 4.79. The van der Waals surface area contributed by atoms with E-state index in [-0.39, 0.29) is 12.3 Å². The number of aliphatic hydroxyl groups is 1. The summed E-state index contributed by atoms with van der Waals surface area (Å²) in [4.78, 5) is 16.9. The van der Waals surface area contributed by atoms with Gasteiger partial charge in [-0.1, -0.05) is 30.3 Å². The zero-order valence-corrected chi connectivity index (χ0v) is 15.1. The number of H-pyrrole nitrogens is 1. The first-order valence-electron chi connectivity index (χ1n) is 9.12. The highest BCUT2D eigenvalue weighted by atomic mass is 16.3. The normalized spacial score (nSPS) is 15.9. The molecule has 1 fully saturated rings. The molecule has 27 heavy (non-hydrogen) atoms. The molecule has 1 aliphatic carbocycles. The summed E-state index contributed by atoms with van der Waals surface area (Å²) < 4.78 is 0. The lowest BCUT2D eigenvalue weighted by Gasteiger charge is -2.23. The van der Waals surface area contributed by atoms with Crippen LogP contribution in [0.4, 0.5) is 5.69 Å². The number of hydrogen-bond donors (Lipinski definition) is 3. The van der Waals surface area contributed by atoms with E-state index in [1.165, 1.54) is 12.8 Å². The molecule has 1 atom stereocenters. The topological polar surface area (TPSA) is 90.9 Å². The summed E-state index contributed by atoms with van der Waals surface area (Å²) in [5.74, 6) is 1.90. The maximum absolute atomic E-state index is 12.3. The van der Waals surface area contributed by atoms with E-state index < -0.39 is 5.60 Å². The first kappa shape index (κ1) is 17.4. The Morgan fingerprint density at radius 1 is 1.19 bits per heavy atom. The summed E-state index contributed by atoms with van der Waals surface area (Å²) >= 11 is 0. The minimum atomic E-state index is -1.22. The van der Waals surface area contributed by atoms with Gasteiger partial charge in [0.1, 0.15) is 5.82 Å². The first-order chi connectivity index (χ1) is 13.0. The third kappa shape index (κ3) is 4.06. The third-order valence-electron chi connectivity index (χ3n) is 4.79. The summed E-state index contributed by atoms with van der Waals surface area (Å²) in [5.41, 5.74) is 1.06. The molecule has 1 heterocycles. The Balaban J connectivity index is 1.39. The molecule has 1 amide bonds. The van der Waals surface area contributed by atoms with Gasteiger partial charge in [0, 0.05) is 17.2 Å². The van der Waals surface area contributed by atoms with Crippen LogP contribution < -0.4 is 5.32 Å². The number of carbonyl (C=O) groups is 1. The van der Waals surface area contributed by atoms with Gasteiger partial charge in [-0.25, -0.2) is 4.98 Å². The van der Waals surface area contributed by atoms with Gasteiger partial charge in [-0.05, 0) is 49.6 Å². The Labute approximate surface area is 157 Å². The van der Waals surface area contributed by atoms with Crippen molar-refractivity contribution < 1.29 is 9.90 Å². The fourth-order valence-electron chi connectivity index (χ4n) is 3.06. The molecule has 2 aromatic carbocycles. The molecule has 4 rings (SSSR count). The highest BCUT2D eigenvalue weighted by Crippen LogP contribution is 2.38. The zero-order chi connectivity index (χ0) is 18.9. The number of rotatable bonds is 6. The van der Waals surface area contributed by atoms with Crippen molar-refractivity contribution in [1.82, 2.24) is 15.2 Å². The molecule has 3 aromatic rings. The van der Waals surface area contributed by atoms with E-state index in [0.29, 0.717) is 23.0 Å². The van der Waals surface area contributed by atoms with Gasteiger partial charge in [0.15, 0.2) is 5.82 Å². The van der Waals surface area contributed by atoms with Crippen LogP contribution in [0.3, 0.4) is 0 Å². The Bertz CT molecular complexity index is 928. The van der Waals surface area contributed by atoms with E-state index >= 15 is 0 Å². The van der Waals surface area contributed by atoms with E-state index in [9.17, 15) is 9.90 Å². The standard InChI is InChI=1S/C21H22N4O2/c1-21(27,16-5-3-2-4-6-16)13-18(26)22-17-11-9-15(10-12-17)20-23-19(24-25-20)14-7-8-14/h2-6,9-12,14,27H,7-8,13H2,1H3,(H,22,26)(H,23,24,25). The zero-order valence-electron chi connectivity index (χ0n) is 15.1. The Morgan fingerprint density at radius 2 is 1.89 bits per heavy atom. The molecule has 6 nitrogen and oxygen atoms in total. The average Bonchev–Trinajstić information content (AvgIpc) is 3.40. The number of anilines is 1. The quantitative estimate of drug-likeness (QED) is 0.625. The van der Waals surface area contributed by atoms with Crippen LogP contribution in [0, 0.1) is 0 Å². The molecule has 138 valence electrons. The van der Waals surface area contributed by atoms with Crippen LogP contribution in [0.15, 0.2) is 54.6 Å². The molecule has 1 unspecified atom stereocenters. The number of benzene rings is 2. The van der Waals surface area contributed by atoms with Crippen LogP contribution >= 0.6 is 0 Å². The summed E-state index contributed by atoms with van der Waals surface area (Å²) in [6.07, 6.45) is 2.32. The lowest BCUT2D eigenvalue weighted by atomic mass is 9.92. The van der Waals surface area contributed by atoms with Crippen molar-refractivity contribution in [3.05, 3.63) is 66.0 Å². The molecule has 0 spiro atoms. The summed E-state index contributed by atoms with van der Waals surface area (Å²) in [7, 11) is 0. The minimum absolute atomic E-state index is 0.0234. The second-order valence-corrected chi connectivity index (χ2v) is 7.26. The SMILES string of the molecule is CC(O)(CC(=O)Nc1ccc(-c2n[nH]c(C3CC3)n2)cc1)c1ccccc1. The van der Waals surface area contributed by atoms with Crippen molar-refractivity contribution in [2.45, 2.75) is 37.7 Å². The highest BCUT2D eigenvalue weighted by Gasteiger charge is 2.28. The number of carbonyl (C=O) groups excluding carboxylic acids is 1. The second-order valence-electron chi connectivity index (χ2n) is 7.26. The predicted molar refractivity (Wildman–Crippen MR) is 103 cm³/mol. The van der Waals surface area contributed by atoms with Gasteiger partial charge < -0.3 is 10.4 Å². The van der Waals surface area contributed by atoms with Crippen LogP contribution in [-0.2, 0) is 10.4 Å². The second kappa shape index (κ2) is 6.96. The van der Waals surface area contributed by atoms with Crippen molar-refractivity contribution in [3.63, 3.8) is 0 Å². The number of nitrogens with one attached hydrogen (secondary N) is 2. The van der Waals surface area contributed by atoms with Crippen LogP contribution in [0.25, 0.3) is 11.4 Å². The van der Waals surface area contributed by atoms with Crippen molar-refractivity contribution in [2.75, 3.05) is 5.32 Å². The van der Waals surface area contributed by atoms with Gasteiger partial charge in [0.25, 0.3) is 0 Å². The van der Waals surface area contributed by atoms with E-state index in [0.717, 1.165) is 11.4 Å². The number of aromatic nitrogens is 3. The highest BCUT2D eigenvalue weighted by molar-refractivity contribution is 5.91. The average molecular weight is 362 g/mol. The summed E-state index contributed by atoms with van der Waals surface area (Å²) in [6.45, 7) is 1.64. The summed E-state index contributed by atoms with van der Waals surface area (Å²) in [5, 5.41) is 20.7.